The lowest BCUT2D eigenvalue weighted by Crippen LogP contribution is -2.47. The van der Waals surface area contributed by atoms with Gasteiger partial charge in [-0.15, -0.1) is 0 Å². The van der Waals surface area contributed by atoms with E-state index in [9.17, 15) is 13.2 Å². The van der Waals surface area contributed by atoms with Gasteiger partial charge in [0.15, 0.2) is 0 Å². The summed E-state index contributed by atoms with van der Waals surface area (Å²) in [6.07, 6.45) is 7.54. The number of fused-ring (bicyclic) bond motifs is 2. The molecule has 1 amide bonds. The first kappa shape index (κ1) is 17.2. The summed E-state index contributed by atoms with van der Waals surface area (Å²) < 4.78 is 25.4. The Labute approximate surface area is 140 Å². The minimum atomic E-state index is -3.13. The number of carbonyl (C=O) groups excluding carboxylic acids is 1. The van der Waals surface area contributed by atoms with Crippen LogP contribution in [0.15, 0.2) is 0 Å². The molecule has 23 heavy (non-hydrogen) atoms. The summed E-state index contributed by atoms with van der Waals surface area (Å²) in [5.41, 5.74) is 0. The number of hydrogen-bond acceptors (Lipinski definition) is 3. The summed E-state index contributed by atoms with van der Waals surface area (Å²) in [6, 6.07) is 0.0477. The first-order valence-electron chi connectivity index (χ1n) is 9.14. The first-order chi connectivity index (χ1) is 10.9. The van der Waals surface area contributed by atoms with E-state index in [4.69, 9.17) is 0 Å². The summed E-state index contributed by atoms with van der Waals surface area (Å²) in [7, 11) is -1.45. The third-order valence-electron chi connectivity index (χ3n) is 6.46. The minimum absolute atomic E-state index is 0.0477. The number of rotatable bonds is 5. The molecule has 2 bridgehead atoms. The van der Waals surface area contributed by atoms with Crippen molar-refractivity contribution in [1.29, 1.82) is 0 Å². The maximum absolute atomic E-state index is 12.6. The molecule has 2 aliphatic carbocycles. The molecular weight excluding hydrogens is 312 g/mol. The molecular formula is C17H30N2O3S. The summed E-state index contributed by atoms with van der Waals surface area (Å²) in [4.78, 5) is 14.5. The molecule has 1 heterocycles. The van der Waals surface area contributed by atoms with Gasteiger partial charge in [0.2, 0.25) is 15.9 Å². The number of nitrogens with zero attached hydrogens (tertiary/aromatic N) is 2. The molecule has 0 radical (unpaired) electrons. The lowest BCUT2D eigenvalue weighted by molar-refractivity contribution is -0.133. The molecule has 0 N–H and O–H groups in total. The van der Waals surface area contributed by atoms with Crippen molar-refractivity contribution < 1.29 is 13.2 Å². The van der Waals surface area contributed by atoms with Crippen LogP contribution in [-0.4, -0.2) is 55.5 Å². The zero-order valence-electron chi connectivity index (χ0n) is 14.4. The second-order valence-corrected chi connectivity index (χ2v) is 9.98. The number of carbonyl (C=O) groups is 1. The highest BCUT2D eigenvalue weighted by Gasteiger charge is 2.41. The number of piperidine rings is 1. The molecule has 3 fully saturated rings. The second-order valence-electron chi connectivity index (χ2n) is 7.67. The van der Waals surface area contributed by atoms with Crippen molar-refractivity contribution in [2.75, 3.05) is 25.9 Å². The van der Waals surface area contributed by atoms with Crippen LogP contribution in [0.5, 0.6) is 0 Å². The van der Waals surface area contributed by atoms with Gasteiger partial charge in [-0.1, -0.05) is 6.42 Å². The van der Waals surface area contributed by atoms with Crippen molar-refractivity contribution in [2.45, 2.75) is 57.9 Å². The monoisotopic (exact) mass is 342 g/mol. The van der Waals surface area contributed by atoms with Crippen LogP contribution in [0.1, 0.15) is 51.9 Å². The van der Waals surface area contributed by atoms with E-state index in [-0.39, 0.29) is 11.8 Å². The smallest absolute Gasteiger partial charge is 0.222 e. The van der Waals surface area contributed by atoms with Gasteiger partial charge in [-0.3, -0.25) is 4.79 Å². The Kier molecular flexibility index (Phi) is 5.02. The van der Waals surface area contributed by atoms with Crippen molar-refractivity contribution in [3.05, 3.63) is 0 Å². The van der Waals surface area contributed by atoms with Crippen LogP contribution < -0.4 is 0 Å². The standard InChI is InChI=1S/C17H30N2O3S/c1-3-23(21,22)18(2)16-6-8-19(9-7-16)17(20)12-15-11-13-4-5-14(15)10-13/h13-16H,3-12H2,1-2H3. The van der Waals surface area contributed by atoms with Gasteiger partial charge < -0.3 is 4.90 Å². The third-order valence-corrected chi connectivity index (χ3v) is 8.36. The van der Waals surface area contributed by atoms with E-state index in [1.165, 1.54) is 30.0 Å². The summed E-state index contributed by atoms with van der Waals surface area (Å²) in [5.74, 6) is 2.73. The van der Waals surface area contributed by atoms with Crippen molar-refractivity contribution in [2.24, 2.45) is 17.8 Å². The molecule has 3 unspecified atom stereocenters. The number of amides is 1. The van der Waals surface area contributed by atoms with E-state index in [1.807, 2.05) is 4.90 Å². The molecule has 0 aromatic heterocycles. The van der Waals surface area contributed by atoms with Crippen LogP contribution in [0.2, 0.25) is 0 Å². The van der Waals surface area contributed by atoms with E-state index in [0.717, 1.165) is 31.1 Å². The van der Waals surface area contributed by atoms with E-state index in [1.54, 1.807) is 14.0 Å². The average molecular weight is 343 g/mol. The van der Waals surface area contributed by atoms with Gasteiger partial charge in [-0.25, -0.2) is 12.7 Å². The molecule has 2 saturated carbocycles. The highest BCUT2D eigenvalue weighted by molar-refractivity contribution is 7.89. The zero-order valence-corrected chi connectivity index (χ0v) is 15.2. The molecule has 3 rings (SSSR count). The van der Waals surface area contributed by atoms with Crippen molar-refractivity contribution in [3.63, 3.8) is 0 Å². The largest absolute Gasteiger partial charge is 0.343 e. The third kappa shape index (κ3) is 3.58. The summed E-state index contributed by atoms with van der Waals surface area (Å²) in [6.45, 7) is 3.08. The Morgan fingerprint density at radius 1 is 1.13 bits per heavy atom. The number of likely N-dealkylation sites (tertiary alicyclic amines) is 1. The fourth-order valence-electron chi connectivity index (χ4n) is 4.89. The highest BCUT2D eigenvalue weighted by atomic mass is 32.2. The van der Waals surface area contributed by atoms with Gasteiger partial charge in [-0.05, 0) is 56.8 Å². The van der Waals surface area contributed by atoms with Crippen LogP contribution in [0.3, 0.4) is 0 Å². The molecule has 6 heteroatoms. The van der Waals surface area contributed by atoms with E-state index in [0.29, 0.717) is 24.9 Å². The molecule has 0 aromatic carbocycles. The quantitative estimate of drug-likeness (QED) is 0.769. The van der Waals surface area contributed by atoms with Crippen molar-refractivity contribution >= 4 is 15.9 Å². The molecule has 0 aromatic rings. The zero-order chi connectivity index (χ0) is 16.6. The predicted octanol–water partition coefficient (Wildman–Crippen LogP) is 2.09. The lowest BCUT2D eigenvalue weighted by atomic mass is 9.86. The minimum Gasteiger partial charge on any atom is -0.343 e. The van der Waals surface area contributed by atoms with E-state index < -0.39 is 10.0 Å². The van der Waals surface area contributed by atoms with Crippen LogP contribution in [0, 0.1) is 17.8 Å². The highest BCUT2D eigenvalue weighted by Crippen LogP contribution is 2.49. The van der Waals surface area contributed by atoms with Gasteiger partial charge in [0, 0.05) is 32.6 Å². The van der Waals surface area contributed by atoms with Crippen molar-refractivity contribution in [3.8, 4) is 0 Å². The molecule has 0 spiro atoms. The van der Waals surface area contributed by atoms with Crippen LogP contribution in [0.4, 0.5) is 0 Å². The topological polar surface area (TPSA) is 57.7 Å². The number of hydrogen-bond donors (Lipinski definition) is 0. The Bertz CT molecular complexity index is 540. The summed E-state index contributed by atoms with van der Waals surface area (Å²) in [5, 5.41) is 0. The van der Waals surface area contributed by atoms with Crippen LogP contribution in [0.25, 0.3) is 0 Å². The SMILES string of the molecule is CCS(=O)(=O)N(C)C1CCN(C(=O)CC2CC3CCC2C3)CC1. The molecule has 5 nitrogen and oxygen atoms in total. The Hall–Kier alpha value is -0.620. The van der Waals surface area contributed by atoms with Crippen LogP contribution in [-0.2, 0) is 14.8 Å². The number of sulfonamides is 1. The molecule has 3 atom stereocenters. The second kappa shape index (κ2) is 6.71. The van der Waals surface area contributed by atoms with Gasteiger partial charge in [0.05, 0.1) is 5.75 Å². The van der Waals surface area contributed by atoms with Gasteiger partial charge >= 0.3 is 0 Å². The Morgan fingerprint density at radius 3 is 2.35 bits per heavy atom. The first-order valence-corrected chi connectivity index (χ1v) is 10.7. The lowest BCUT2D eigenvalue weighted by Gasteiger charge is -2.36. The molecule has 132 valence electrons. The molecule has 1 aliphatic heterocycles. The van der Waals surface area contributed by atoms with Crippen molar-refractivity contribution in [1.82, 2.24) is 9.21 Å². The Morgan fingerprint density at radius 2 is 1.83 bits per heavy atom. The van der Waals surface area contributed by atoms with E-state index in [2.05, 4.69) is 0 Å². The summed E-state index contributed by atoms with van der Waals surface area (Å²) >= 11 is 0. The fourth-order valence-corrected chi connectivity index (χ4v) is 5.96. The fraction of sp³-hybridized carbons (Fsp3) is 0.941. The van der Waals surface area contributed by atoms with Crippen LogP contribution >= 0.6 is 0 Å². The normalized spacial score (nSPS) is 32.0. The maximum atomic E-state index is 12.6. The van der Waals surface area contributed by atoms with Gasteiger partial charge in [0.25, 0.3) is 0 Å². The maximum Gasteiger partial charge on any atom is 0.222 e. The van der Waals surface area contributed by atoms with Gasteiger partial charge in [-0.2, -0.15) is 0 Å². The average Bonchev–Trinajstić information content (AvgIpc) is 3.17. The molecule has 1 saturated heterocycles. The predicted molar refractivity (Wildman–Crippen MR) is 90.4 cm³/mol. The van der Waals surface area contributed by atoms with E-state index >= 15 is 0 Å². The van der Waals surface area contributed by atoms with Gasteiger partial charge in [0.1, 0.15) is 0 Å². The molecule has 3 aliphatic rings. The Balaban J connectivity index is 1.48.